The Labute approximate surface area is 119 Å². The Morgan fingerprint density at radius 2 is 2.29 bits per heavy atom. The van der Waals surface area contributed by atoms with Crippen molar-refractivity contribution >= 4 is 49.1 Å². The largest absolute Gasteiger partial charge is 0.346 e. The van der Waals surface area contributed by atoms with Crippen molar-refractivity contribution in [2.45, 2.75) is 6.54 Å². The molecular formula is C10H7Br2N3OS. The molecule has 17 heavy (non-hydrogen) atoms. The lowest BCUT2D eigenvalue weighted by atomic mass is 10.3. The molecule has 0 aromatic carbocycles. The molecule has 0 fully saturated rings. The van der Waals surface area contributed by atoms with Gasteiger partial charge >= 0.3 is 0 Å². The molecule has 2 aromatic heterocycles. The lowest BCUT2D eigenvalue weighted by molar-refractivity contribution is 0.0950. The maximum Gasteiger partial charge on any atom is 0.253 e. The van der Waals surface area contributed by atoms with Crippen LogP contribution in [0.15, 0.2) is 32.0 Å². The number of carbonyl (C=O) groups excluding carboxylic acids is 1. The Morgan fingerprint density at radius 3 is 2.88 bits per heavy atom. The third kappa shape index (κ3) is 3.34. The Morgan fingerprint density at radius 1 is 1.47 bits per heavy atom. The number of hydrogen-bond donors (Lipinski definition) is 1. The quantitative estimate of drug-likeness (QED) is 0.895. The van der Waals surface area contributed by atoms with E-state index in [1.807, 2.05) is 6.07 Å². The molecular weight excluding hydrogens is 370 g/mol. The van der Waals surface area contributed by atoms with Crippen molar-refractivity contribution in [3.05, 3.63) is 43.2 Å². The fourth-order valence-corrected chi connectivity index (χ4v) is 3.98. The van der Waals surface area contributed by atoms with Crippen molar-refractivity contribution in [2.24, 2.45) is 0 Å². The van der Waals surface area contributed by atoms with Crippen LogP contribution in [0, 0.1) is 0 Å². The minimum absolute atomic E-state index is 0.135. The molecule has 2 aromatic rings. The zero-order chi connectivity index (χ0) is 12.3. The molecule has 0 spiro atoms. The van der Waals surface area contributed by atoms with E-state index in [0.29, 0.717) is 12.1 Å². The normalized spacial score (nSPS) is 10.2. The van der Waals surface area contributed by atoms with Gasteiger partial charge in [0.2, 0.25) is 0 Å². The summed E-state index contributed by atoms with van der Waals surface area (Å²) in [6, 6.07) is 5.37. The third-order valence-electron chi connectivity index (χ3n) is 1.96. The Bertz CT molecular complexity index is 530. The SMILES string of the molecule is O=C(NCc1cccnn1)c1cc(Br)sc1Br. The zero-order valence-electron chi connectivity index (χ0n) is 8.48. The molecule has 0 atom stereocenters. The molecule has 0 saturated heterocycles. The van der Waals surface area contributed by atoms with E-state index in [9.17, 15) is 4.79 Å². The summed E-state index contributed by atoms with van der Waals surface area (Å²) in [6.45, 7) is 0.368. The molecule has 7 heteroatoms. The second-order valence-corrected chi connectivity index (χ2v) is 6.88. The summed E-state index contributed by atoms with van der Waals surface area (Å²) in [6.07, 6.45) is 1.60. The van der Waals surface area contributed by atoms with Crippen molar-refractivity contribution in [1.29, 1.82) is 0 Å². The molecule has 4 nitrogen and oxygen atoms in total. The number of nitrogens with zero attached hydrogens (tertiary/aromatic N) is 2. The van der Waals surface area contributed by atoms with Crippen molar-refractivity contribution in [3.63, 3.8) is 0 Å². The molecule has 0 aliphatic heterocycles. The Kier molecular flexibility index (Phi) is 4.25. The van der Waals surface area contributed by atoms with E-state index in [1.165, 1.54) is 11.3 Å². The molecule has 0 aliphatic rings. The fourth-order valence-electron chi connectivity index (χ4n) is 1.19. The number of halogens is 2. The summed E-state index contributed by atoms with van der Waals surface area (Å²) >= 11 is 8.14. The van der Waals surface area contributed by atoms with E-state index in [0.717, 1.165) is 13.3 Å². The van der Waals surface area contributed by atoms with Gasteiger partial charge in [0.1, 0.15) is 0 Å². The van der Waals surface area contributed by atoms with Gasteiger partial charge in [-0.1, -0.05) is 0 Å². The van der Waals surface area contributed by atoms with E-state index < -0.39 is 0 Å². The summed E-state index contributed by atoms with van der Waals surface area (Å²) in [5.74, 6) is -0.135. The van der Waals surface area contributed by atoms with Gasteiger partial charge in [0, 0.05) is 6.20 Å². The molecule has 2 heterocycles. The highest BCUT2D eigenvalue weighted by Gasteiger charge is 2.13. The van der Waals surface area contributed by atoms with Crippen LogP contribution in [0.3, 0.4) is 0 Å². The monoisotopic (exact) mass is 375 g/mol. The first-order chi connectivity index (χ1) is 8.16. The van der Waals surface area contributed by atoms with E-state index in [2.05, 4.69) is 47.4 Å². The first-order valence-corrected chi connectivity index (χ1v) is 7.06. The minimum Gasteiger partial charge on any atom is -0.346 e. The van der Waals surface area contributed by atoms with Crippen LogP contribution in [0.4, 0.5) is 0 Å². The molecule has 0 bridgehead atoms. The maximum absolute atomic E-state index is 11.8. The predicted octanol–water partition coefficient (Wildman–Crippen LogP) is 2.99. The molecule has 1 N–H and O–H groups in total. The molecule has 1 amide bonds. The van der Waals surface area contributed by atoms with Gasteiger partial charge in [0.25, 0.3) is 5.91 Å². The van der Waals surface area contributed by atoms with Crippen molar-refractivity contribution < 1.29 is 4.79 Å². The van der Waals surface area contributed by atoms with E-state index in [1.54, 1.807) is 18.3 Å². The summed E-state index contributed by atoms with van der Waals surface area (Å²) in [4.78, 5) is 11.8. The molecule has 88 valence electrons. The minimum atomic E-state index is -0.135. The summed E-state index contributed by atoms with van der Waals surface area (Å²) in [7, 11) is 0. The third-order valence-corrected chi connectivity index (χ3v) is 4.30. The summed E-state index contributed by atoms with van der Waals surface area (Å²) < 4.78 is 1.72. The average molecular weight is 377 g/mol. The van der Waals surface area contributed by atoms with Crippen LogP contribution in [-0.4, -0.2) is 16.1 Å². The first kappa shape index (κ1) is 12.7. The first-order valence-electron chi connectivity index (χ1n) is 4.66. The van der Waals surface area contributed by atoms with Crippen LogP contribution in [0.5, 0.6) is 0 Å². The number of rotatable bonds is 3. The topological polar surface area (TPSA) is 54.9 Å². The Balaban J connectivity index is 2.01. The van der Waals surface area contributed by atoms with Gasteiger partial charge in [-0.05, 0) is 50.1 Å². The molecule has 0 radical (unpaired) electrons. The number of aromatic nitrogens is 2. The summed E-state index contributed by atoms with van der Waals surface area (Å²) in [5, 5.41) is 10.4. The maximum atomic E-state index is 11.8. The highest BCUT2D eigenvalue weighted by atomic mass is 79.9. The van der Waals surface area contributed by atoms with E-state index in [-0.39, 0.29) is 5.91 Å². The van der Waals surface area contributed by atoms with Crippen LogP contribution in [0.25, 0.3) is 0 Å². The second-order valence-electron chi connectivity index (χ2n) is 3.14. The second kappa shape index (κ2) is 5.70. The highest BCUT2D eigenvalue weighted by molar-refractivity contribution is 9.12. The zero-order valence-corrected chi connectivity index (χ0v) is 12.5. The fraction of sp³-hybridized carbons (Fsp3) is 0.100. The number of thiophene rings is 1. The standard InChI is InChI=1S/C10H7Br2N3OS/c11-8-4-7(9(12)17-8)10(16)13-5-6-2-1-3-14-15-6/h1-4H,5H2,(H,13,16). The van der Waals surface area contributed by atoms with E-state index >= 15 is 0 Å². The lowest BCUT2D eigenvalue weighted by Crippen LogP contribution is -2.23. The van der Waals surface area contributed by atoms with Gasteiger partial charge < -0.3 is 5.32 Å². The van der Waals surface area contributed by atoms with Crippen molar-refractivity contribution in [2.75, 3.05) is 0 Å². The van der Waals surface area contributed by atoms with Crippen molar-refractivity contribution in [1.82, 2.24) is 15.5 Å². The van der Waals surface area contributed by atoms with Gasteiger partial charge in [0.15, 0.2) is 0 Å². The molecule has 0 unspecified atom stereocenters. The van der Waals surface area contributed by atoms with Gasteiger partial charge in [-0.25, -0.2) is 0 Å². The number of hydrogen-bond acceptors (Lipinski definition) is 4. The van der Waals surface area contributed by atoms with Crippen molar-refractivity contribution in [3.8, 4) is 0 Å². The van der Waals surface area contributed by atoms with Crippen LogP contribution >= 0.6 is 43.2 Å². The number of amides is 1. The molecule has 0 aliphatic carbocycles. The van der Waals surface area contributed by atoms with Crippen LogP contribution in [0.2, 0.25) is 0 Å². The highest BCUT2D eigenvalue weighted by Crippen LogP contribution is 2.31. The Hall–Kier alpha value is -0.790. The van der Waals surface area contributed by atoms with Gasteiger partial charge in [0.05, 0.1) is 25.4 Å². The lowest BCUT2D eigenvalue weighted by Gasteiger charge is -2.02. The van der Waals surface area contributed by atoms with Gasteiger partial charge in [-0.2, -0.15) is 10.2 Å². The van der Waals surface area contributed by atoms with E-state index in [4.69, 9.17) is 0 Å². The molecule has 0 saturated carbocycles. The smallest absolute Gasteiger partial charge is 0.253 e. The predicted molar refractivity (Wildman–Crippen MR) is 72.9 cm³/mol. The van der Waals surface area contributed by atoms with Crippen LogP contribution in [0.1, 0.15) is 16.1 Å². The van der Waals surface area contributed by atoms with Crippen LogP contribution < -0.4 is 5.32 Å². The van der Waals surface area contributed by atoms with Gasteiger partial charge in [-0.15, -0.1) is 11.3 Å². The number of nitrogens with one attached hydrogen (secondary N) is 1. The number of carbonyl (C=O) groups is 1. The molecule has 2 rings (SSSR count). The van der Waals surface area contributed by atoms with Gasteiger partial charge in [-0.3, -0.25) is 4.79 Å². The van der Waals surface area contributed by atoms with Crippen LogP contribution in [-0.2, 0) is 6.54 Å². The average Bonchev–Trinajstić information content (AvgIpc) is 2.67. The summed E-state index contributed by atoms with van der Waals surface area (Å²) in [5.41, 5.74) is 1.34.